The maximum absolute atomic E-state index is 6.52. The zero-order chi connectivity index (χ0) is 37.3. The highest BCUT2D eigenvalue weighted by atomic mass is 16.3. The Hall–Kier alpha value is -7.42. The zero-order valence-corrected chi connectivity index (χ0v) is 30.7. The van der Waals surface area contributed by atoms with Gasteiger partial charge in [0.1, 0.15) is 11.2 Å². The number of fused-ring (bicyclic) bond motifs is 4. The van der Waals surface area contributed by atoms with Crippen LogP contribution < -0.4 is 4.90 Å². The second-order valence-corrected chi connectivity index (χ2v) is 14.1. The fraction of sp³-hybridized carbons (Fsp3) is 0. The van der Waals surface area contributed by atoms with E-state index in [9.17, 15) is 0 Å². The molecule has 0 fully saturated rings. The van der Waals surface area contributed by atoms with Crippen LogP contribution in [0.3, 0.4) is 0 Å². The van der Waals surface area contributed by atoms with Crippen LogP contribution in [0.1, 0.15) is 11.1 Å². The van der Waals surface area contributed by atoms with Crippen LogP contribution in [-0.2, 0) is 0 Å². The summed E-state index contributed by atoms with van der Waals surface area (Å²) in [4.78, 5) is 2.26. The number of anilines is 3. The second-order valence-electron chi connectivity index (χ2n) is 14.1. The van der Waals surface area contributed by atoms with E-state index in [0.29, 0.717) is 0 Å². The van der Waals surface area contributed by atoms with Crippen LogP contribution in [-0.4, -0.2) is 0 Å². The highest BCUT2D eigenvalue weighted by Crippen LogP contribution is 2.42. The van der Waals surface area contributed by atoms with Gasteiger partial charge in [-0.2, -0.15) is 0 Å². The molecule has 2 nitrogen and oxygen atoms in total. The molecule has 1 heterocycles. The van der Waals surface area contributed by atoms with Crippen molar-refractivity contribution in [1.29, 1.82) is 0 Å². The fourth-order valence-corrected chi connectivity index (χ4v) is 7.97. The Kier molecular flexibility index (Phi) is 8.55. The van der Waals surface area contributed by atoms with E-state index in [2.05, 4.69) is 217 Å². The number of benzene rings is 9. The molecular formula is C54H37NO. The van der Waals surface area contributed by atoms with Gasteiger partial charge in [0.2, 0.25) is 0 Å². The summed E-state index contributed by atoms with van der Waals surface area (Å²) in [5, 5.41) is 4.74. The molecule has 56 heavy (non-hydrogen) atoms. The lowest BCUT2D eigenvalue weighted by Gasteiger charge is -2.25. The first-order chi connectivity index (χ1) is 27.8. The lowest BCUT2D eigenvalue weighted by molar-refractivity contribution is 0.669. The third kappa shape index (κ3) is 6.24. The van der Waals surface area contributed by atoms with Crippen molar-refractivity contribution in [2.24, 2.45) is 0 Å². The monoisotopic (exact) mass is 715 g/mol. The van der Waals surface area contributed by atoms with Gasteiger partial charge >= 0.3 is 0 Å². The summed E-state index contributed by atoms with van der Waals surface area (Å²) >= 11 is 0. The van der Waals surface area contributed by atoms with Crippen molar-refractivity contribution in [2.75, 3.05) is 4.90 Å². The van der Waals surface area contributed by atoms with Gasteiger partial charge in [-0.3, -0.25) is 0 Å². The predicted octanol–water partition coefficient (Wildman–Crippen LogP) is 15.4. The average molecular weight is 716 g/mol. The molecule has 1 aromatic heterocycles. The van der Waals surface area contributed by atoms with Gasteiger partial charge in [0, 0.05) is 33.9 Å². The van der Waals surface area contributed by atoms with Gasteiger partial charge < -0.3 is 9.32 Å². The highest BCUT2D eigenvalue weighted by molar-refractivity contribution is 6.12. The predicted molar refractivity (Wildman–Crippen MR) is 238 cm³/mol. The lowest BCUT2D eigenvalue weighted by atomic mass is 9.87. The van der Waals surface area contributed by atoms with Gasteiger partial charge in [-0.05, 0) is 104 Å². The second kappa shape index (κ2) is 14.4. The highest BCUT2D eigenvalue weighted by Gasteiger charge is 2.16. The number of nitrogens with zero attached hydrogens (tertiary/aromatic N) is 1. The van der Waals surface area contributed by atoms with Crippen molar-refractivity contribution in [2.45, 2.75) is 0 Å². The molecule has 0 N–H and O–H groups in total. The first kappa shape index (κ1) is 33.2. The van der Waals surface area contributed by atoms with E-state index in [0.717, 1.165) is 50.1 Å². The smallest absolute Gasteiger partial charge is 0.137 e. The van der Waals surface area contributed by atoms with Crippen LogP contribution >= 0.6 is 0 Å². The van der Waals surface area contributed by atoms with Gasteiger partial charge in [-0.1, -0.05) is 170 Å². The van der Waals surface area contributed by atoms with E-state index in [-0.39, 0.29) is 0 Å². The van der Waals surface area contributed by atoms with Crippen molar-refractivity contribution in [3.63, 3.8) is 0 Å². The number of rotatable bonds is 8. The Morgan fingerprint density at radius 1 is 0.321 bits per heavy atom. The van der Waals surface area contributed by atoms with E-state index >= 15 is 0 Å². The molecule has 0 saturated carbocycles. The quantitative estimate of drug-likeness (QED) is 0.146. The molecule has 0 aliphatic carbocycles. The molecule has 0 aliphatic rings. The number of para-hydroxylation sites is 2. The van der Waals surface area contributed by atoms with Crippen molar-refractivity contribution in [1.82, 2.24) is 0 Å². The number of hydrogen-bond acceptors (Lipinski definition) is 2. The average Bonchev–Trinajstić information content (AvgIpc) is 3.64. The first-order valence-corrected chi connectivity index (χ1v) is 19.1. The third-order valence-corrected chi connectivity index (χ3v) is 10.7. The Morgan fingerprint density at radius 3 is 1.46 bits per heavy atom. The van der Waals surface area contributed by atoms with Crippen molar-refractivity contribution < 1.29 is 4.42 Å². The van der Waals surface area contributed by atoms with Crippen LogP contribution in [0, 0.1) is 0 Å². The third-order valence-electron chi connectivity index (χ3n) is 10.7. The minimum atomic E-state index is 0.867. The summed E-state index contributed by atoms with van der Waals surface area (Å²) in [5.41, 5.74) is 14.6. The number of hydrogen-bond donors (Lipinski definition) is 0. The van der Waals surface area contributed by atoms with Gasteiger partial charge in [-0.25, -0.2) is 0 Å². The molecule has 9 aromatic carbocycles. The van der Waals surface area contributed by atoms with E-state index in [1.54, 1.807) is 0 Å². The Morgan fingerprint density at radius 2 is 0.821 bits per heavy atom. The topological polar surface area (TPSA) is 16.4 Å². The molecule has 0 saturated heterocycles. The van der Waals surface area contributed by atoms with E-state index < -0.39 is 0 Å². The summed E-state index contributed by atoms with van der Waals surface area (Å²) in [6.07, 6.45) is 4.34. The minimum absolute atomic E-state index is 0.867. The summed E-state index contributed by atoms with van der Waals surface area (Å²) in [6.45, 7) is 0. The summed E-state index contributed by atoms with van der Waals surface area (Å²) in [5.74, 6) is 0. The van der Waals surface area contributed by atoms with E-state index in [1.807, 2.05) is 12.1 Å². The summed E-state index contributed by atoms with van der Waals surface area (Å²) in [6, 6.07) is 75.4. The fourth-order valence-electron chi connectivity index (χ4n) is 7.97. The molecule has 0 amide bonds. The summed E-state index contributed by atoms with van der Waals surface area (Å²) in [7, 11) is 0. The molecule has 0 atom stereocenters. The molecule has 10 aromatic rings. The largest absolute Gasteiger partial charge is 0.456 e. The Labute approximate surface area is 326 Å². The molecule has 264 valence electrons. The standard InChI is InChI=1S/C54H37NO/c1-5-14-40(15-6-1)47-22-13-23-51-46(34-35-48(54(47)51)41-16-7-2-8-17-41)42-29-26-38(27-30-42)24-25-39-28-32-49-50-33-31-45(37-53(50)56-52(49)36-39)55(43-18-9-3-10-19-43)44-20-11-4-12-21-44/h1-37H/b25-24+. The molecule has 0 aliphatic heterocycles. The maximum Gasteiger partial charge on any atom is 0.137 e. The van der Waals surface area contributed by atoms with Gasteiger partial charge in [0.05, 0.1) is 0 Å². The molecule has 10 rings (SSSR count). The Balaban J connectivity index is 0.955. The van der Waals surface area contributed by atoms with Crippen molar-refractivity contribution >= 4 is 61.9 Å². The first-order valence-electron chi connectivity index (χ1n) is 19.1. The van der Waals surface area contributed by atoms with Crippen LogP contribution in [0.25, 0.3) is 78.2 Å². The normalized spacial score (nSPS) is 11.5. The molecular weight excluding hydrogens is 679 g/mol. The van der Waals surface area contributed by atoms with Gasteiger partial charge in [0.25, 0.3) is 0 Å². The van der Waals surface area contributed by atoms with Gasteiger partial charge in [-0.15, -0.1) is 0 Å². The van der Waals surface area contributed by atoms with Crippen molar-refractivity contribution in [3.05, 3.63) is 223 Å². The zero-order valence-electron chi connectivity index (χ0n) is 30.7. The van der Waals surface area contributed by atoms with E-state index in [4.69, 9.17) is 4.42 Å². The lowest BCUT2D eigenvalue weighted by Crippen LogP contribution is -2.09. The molecule has 0 spiro atoms. The van der Waals surface area contributed by atoms with Crippen molar-refractivity contribution in [3.8, 4) is 33.4 Å². The van der Waals surface area contributed by atoms with Crippen LogP contribution in [0.15, 0.2) is 217 Å². The van der Waals surface area contributed by atoms with Crippen LogP contribution in [0.2, 0.25) is 0 Å². The molecule has 2 heteroatoms. The van der Waals surface area contributed by atoms with Crippen LogP contribution in [0.4, 0.5) is 17.1 Å². The van der Waals surface area contributed by atoms with Crippen LogP contribution in [0.5, 0.6) is 0 Å². The Bertz CT molecular complexity index is 2900. The SMILES string of the molecule is C(=C\c1ccc2c(c1)oc1cc(N(c3ccccc3)c3ccccc3)ccc12)/c1ccc(-c2ccc(-c3ccccc3)c3c(-c4ccccc4)cccc23)cc1. The van der Waals surface area contributed by atoms with E-state index in [1.165, 1.54) is 44.2 Å². The maximum atomic E-state index is 6.52. The minimum Gasteiger partial charge on any atom is -0.456 e. The molecule has 0 bridgehead atoms. The molecule has 0 unspecified atom stereocenters. The summed E-state index contributed by atoms with van der Waals surface area (Å²) < 4.78 is 6.52. The van der Waals surface area contributed by atoms with Gasteiger partial charge in [0.15, 0.2) is 0 Å². The number of furan rings is 1. The molecule has 0 radical (unpaired) electrons.